The van der Waals surface area contributed by atoms with Gasteiger partial charge in [-0.1, -0.05) is 0 Å². The Kier molecular flexibility index (Phi) is 3.95. The van der Waals surface area contributed by atoms with E-state index in [0.717, 1.165) is 50.0 Å². The fourth-order valence-corrected chi connectivity index (χ4v) is 3.54. The van der Waals surface area contributed by atoms with E-state index in [4.69, 9.17) is 5.73 Å². The summed E-state index contributed by atoms with van der Waals surface area (Å²) in [5, 5.41) is 5.91. The maximum Gasteiger partial charge on any atom is 0.185 e. The second kappa shape index (κ2) is 5.85. The van der Waals surface area contributed by atoms with Gasteiger partial charge < -0.3 is 10.6 Å². The lowest BCUT2D eigenvalue weighted by atomic mass is 10.2. The highest BCUT2D eigenvalue weighted by atomic mass is 32.1. The van der Waals surface area contributed by atoms with Gasteiger partial charge in [0.05, 0.1) is 5.69 Å². The first-order valence-electron chi connectivity index (χ1n) is 6.38. The van der Waals surface area contributed by atoms with Crippen molar-refractivity contribution >= 4 is 32.9 Å². The van der Waals surface area contributed by atoms with Crippen molar-refractivity contribution in [2.75, 3.05) is 43.4 Å². The zero-order chi connectivity index (χ0) is 13.1. The zero-order valence-corrected chi connectivity index (χ0v) is 12.3. The average molecular weight is 295 g/mol. The molecule has 0 aromatic carbocycles. The monoisotopic (exact) mass is 295 g/mol. The number of nitrogens with zero attached hydrogens (tertiary/aromatic N) is 4. The molecule has 1 fully saturated rings. The van der Waals surface area contributed by atoms with Crippen LogP contribution in [0.25, 0.3) is 0 Å². The predicted octanol–water partition coefficient (Wildman–Crippen LogP) is 1.55. The molecule has 0 atom stereocenters. The molecule has 3 heterocycles. The van der Waals surface area contributed by atoms with Gasteiger partial charge in [0.25, 0.3) is 0 Å². The summed E-state index contributed by atoms with van der Waals surface area (Å²) in [6.45, 7) is 5.38. The molecular formula is C12H17N5S2. The van der Waals surface area contributed by atoms with Crippen LogP contribution in [-0.2, 0) is 6.42 Å². The Bertz CT molecular complexity index is 502. The lowest BCUT2D eigenvalue weighted by Crippen LogP contribution is -2.46. The van der Waals surface area contributed by atoms with E-state index in [2.05, 4.69) is 25.1 Å². The maximum atomic E-state index is 5.64. The summed E-state index contributed by atoms with van der Waals surface area (Å²) in [6, 6.07) is 0. The van der Waals surface area contributed by atoms with Gasteiger partial charge in [0.1, 0.15) is 0 Å². The minimum absolute atomic E-state index is 0.670. The number of thiazole rings is 2. The first-order chi connectivity index (χ1) is 9.31. The molecule has 0 spiro atoms. The summed E-state index contributed by atoms with van der Waals surface area (Å²) < 4.78 is 0. The summed E-state index contributed by atoms with van der Waals surface area (Å²) >= 11 is 3.24. The van der Waals surface area contributed by atoms with E-state index in [1.807, 2.05) is 11.6 Å². The molecule has 2 aromatic rings. The fraction of sp³-hybridized carbons (Fsp3) is 0.500. The molecule has 7 heteroatoms. The van der Waals surface area contributed by atoms with Gasteiger partial charge >= 0.3 is 0 Å². The highest BCUT2D eigenvalue weighted by Gasteiger charge is 2.18. The lowest BCUT2D eigenvalue weighted by Gasteiger charge is -2.34. The molecule has 0 aliphatic carbocycles. The highest BCUT2D eigenvalue weighted by Crippen LogP contribution is 2.19. The van der Waals surface area contributed by atoms with Gasteiger partial charge in [0.15, 0.2) is 10.3 Å². The smallest absolute Gasteiger partial charge is 0.185 e. The van der Waals surface area contributed by atoms with Gasteiger partial charge in [0, 0.05) is 56.1 Å². The molecule has 0 radical (unpaired) electrons. The van der Waals surface area contributed by atoms with Crippen LogP contribution < -0.4 is 10.6 Å². The minimum Gasteiger partial charge on any atom is -0.375 e. The molecular weight excluding hydrogens is 278 g/mol. The van der Waals surface area contributed by atoms with Crippen molar-refractivity contribution in [2.24, 2.45) is 0 Å². The van der Waals surface area contributed by atoms with E-state index in [0.29, 0.717) is 5.13 Å². The molecule has 2 aromatic heterocycles. The Morgan fingerprint density at radius 1 is 1.21 bits per heavy atom. The second-order valence-electron chi connectivity index (χ2n) is 4.57. The molecule has 19 heavy (non-hydrogen) atoms. The minimum atomic E-state index is 0.670. The van der Waals surface area contributed by atoms with Crippen LogP contribution in [0.1, 0.15) is 5.69 Å². The van der Waals surface area contributed by atoms with Crippen molar-refractivity contribution in [3.05, 3.63) is 22.7 Å². The molecule has 0 saturated carbocycles. The topological polar surface area (TPSA) is 58.3 Å². The Hall–Kier alpha value is -1.18. The molecule has 1 aliphatic rings. The average Bonchev–Trinajstić information content (AvgIpc) is 3.08. The van der Waals surface area contributed by atoms with Gasteiger partial charge in [0.2, 0.25) is 0 Å². The van der Waals surface area contributed by atoms with E-state index in [1.54, 1.807) is 11.3 Å². The van der Waals surface area contributed by atoms with Crippen molar-refractivity contribution in [2.45, 2.75) is 6.42 Å². The van der Waals surface area contributed by atoms with Crippen LogP contribution in [0.2, 0.25) is 0 Å². The van der Waals surface area contributed by atoms with Gasteiger partial charge in [-0.25, -0.2) is 9.97 Å². The largest absolute Gasteiger partial charge is 0.375 e. The summed E-state index contributed by atoms with van der Waals surface area (Å²) in [5.74, 6) is 0. The third kappa shape index (κ3) is 3.23. The van der Waals surface area contributed by atoms with Crippen molar-refractivity contribution < 1.29 is 0 Å². The summed E-state index contributed by atoms with van der Waals surface area (Å²) in [7, 11) is 0. The predicted molar refractivity (Wildman–Crippen MR) is 81.0 cm³/mol. The Morgan fingerprint density at radius 2 is 2.05 bits per heavy atom. The fourth-order valence-electron chi connectivity index (χ4n) is 2.24. The molecule has 1 aliphatic heterocycles. The molecule has 102 valence electrons. The molecule has 2 N–H and O–H groups in total. The summed E-state index contributed by atoms with van der Waals surface area (Å²) in [4.78, 5) is 13.5. The van der Waals surface area contributed by atoms with Gasteiger partial charge in [-0.05, 0) is 0 Å². The molecule has 3 rings (SSSR count). The van der Waals surface area contributed by atoms with E-state index in [9.17, 15) is 0 Å². The second-order valence-corrected chi connectivity index (χ2v) is 6.33. The van der Waals surface area contributed by atoms with Crippen LogP contribution in [-0.4, -0.2) is 47.6 Å². The van der Waals surface area contributed by atoms with E-state index < -0.39 is 0 Å². The number of hydrogen-bond donors (Lipinski definition) is 1. The van der Waals surface area contributed by atoms with Gasteiger partial charge in [-0.15, -0.1) is 22.7 Å². The van der Waals surface area contributed by atoms with Crippen molar-refractivity contribution in [1.29, 1.82) is 0 Å². The van der Waals surface area contributed by atoms with Crippen LogP contribution in [0.4, 0.5) is 10.3 Å². The van der Waals surface area contributed by atoms with Crippen LogP contribution in [0, 0.1) is 0 Å². The molecule has 0 unspecified atom stereocenters. The van der Waals surface area contributed by atoms with Crippen LogP contribution in [0.5, 0.6) is 0 Å². The third-order valence-electron chi connectivity index (χ3n) is 3.32. The Labute approximate surface area is 120 Å². The highest BCUT2D eigenvalue weighted by molar-refractivity contribution is 7.13. The van der Waals surface area contributed by atoms with E-state index in [-0.39, 0.29) is 0 Å². The lowest BCUT2D eigenvalue weighted by molar-refractivity contribution is 0.260. The zero-order valence-electron chi connectivity index (χ0n) is 10.7. The van der Waals surface area contributed by atoms with Crippen LogP contribution in [0.15, 0.2) is 17.0 Å². The van der Waals surface area contributed by atoms with Crippen molar-refractivity contribution in [3.63, 3.8) is 0 Å². The number of piperazine rings is 1. The maximum absolute atomic E-state index is 5.64. The molecule has 0 bridgehead atoms. The van der Waals surface area contributed by atoms with Crippen molar-refractivity contribution in [1.82, 2.24) is 14.9 Å². The van der Waals surface area contributed by atoms with Gasteiger partial charge in [-0.3, -0.25) is 4.90 Å². The normalized spacial score (nSPS) is 16.9. The summed E-state index contributed by atoms with van der Waals surface area (Å²) in [6.07, 6.45) is 2.87. The quantitative estimate of drug-likeness (QED) is 0.927. The SMILES string of the molecule is Nc1nc(CCN2CCN(c3nccs3)CC2)cs1. The molecule has 5 nitrogen and oxygen atoms in total. The number of nitrogens with two attached hydrogens (primary N) is 1. The molecule has 0 amide bonds. The number of rotatable bonds is 4. The van der Waals surface area contributed by atoms with Crippen molar-refractivity contribution in [3.8, 4) is 0 Å². The number of anilines is 2. The number of hydrogen-bond acceptors (Lipinski definition) is 7. The Balaban J connectivity index is 1.45. The summed E-state index contributed by atoms with van der Waals surface area (Å²) in [5.41, 5.74) is 6.76. The number of nitrogen functional groups attached to an aromatic ring is 1. The Morgan fingerprint density at radius 3 is 2.68 bits per heavy atom. The van der Waals surface area contributed by atoms with E-state index in [1.165, 1.54) is 11.3 Å². The standard InChI is InChI=1S/C12H17N5S2/c13-11-15-10(9-19-11)1-3-16-4-6-17(7-5-16)12-14-2-8-18-12/h2,8-9H,1,3-7H2,(H2,13,15). The molecule has 1 saturated heterocycles. The van der Waals surface area contributed by atoms with Gasteiger partial charge in [-0.2, -0.15) is 0 Å². The first-order valence-corrected chi connectivity index (χ1v) is 8.14. The third-order valence-corrected chi connectivity index (χ3v) is 4.87. The van der Waals surface area contributed by atoms with Crippen LogP contribution >= 0.6 is 22.7 Å². The number of aromatic nitrogens is 2. The van der Waals surface area contributed by atoms with Crippen LogP contribution in [0.3, 0.4) is 0 Å². The van der Waals surface area contributed by atoms with E-state index >= 15 is 0 Å². The first kappa shape index (κ1) is 12.8.